The molecule has 0 fully saturated rings. The molecule has 0 spiro atoms. The number of ether oxygens (including phenoxy) is 1. The average Bonchev–Trinajstić information content (AvgIpc) is 2.52. The van der Waals surface area contributed by atoms with E-state index in [9.17, 15) is 26.7 Å². The highest BCUT2D eigenvalue weighted by Gasteiger charge is 2.30. The van der Waals surface area contributed by atoms with Crippen molar-refractivity contribution in [3.63, 3.8) is 0 Å². The molecule has 0 aliphatic heterocycles. The van der Waals surface area contributed by atoms with E-state index in [-0.39, 0.29) is 11.3 Å². The van der Waals surface area contributed by atoms with Crippen molar-refractivity contribution in [3.05, 3.63) is 64.5 Å². The van der Waals surface area contributed by atoms with Crippen LogP contribution in [0.2, 0.25) is 0 Å². The second-order valence-corrected chi connectivity index (χ2v) is 3.97. The Morgan fingerprint density at radius 3 is 1.77 bits per heavy atom. The van der Waals surface area contributed by atoms with E-state index in [0.29, 0.717) is 0 Å². The van der Waals surface area contributed by atoms with Crippen molar-refractivity contribution in [2.45, 2.75) is 0 Å². The van der Waals surface area contributed by atoms with Gasteiger partial charge in [-0.2, -0.15) is 5.26 Å². The quantitative estimate of drug-likeness (QED) is 0.280. The van der Waals surface area contributed by atoms with Crippen molar-refractivity contribution in [1.82, 2.24) is 0 Å². The fourth-order valence-corrected chi connectivity index (χ4v) is 1.54. The molecule has 2 rings (SSSR count). The molecule has 0 heterocycles. The summed E-state index contributed by atoms with van der Waals surface area (Å²) < 4.78 is 70.2. The number of rotatable bonds is 2. The predicted octanol–water partition coefficient (Wildman–Crippen LogP) is 3.47. The average molecular weight is 313 g/mol. The molecule has 0 aromatic heterocycles. The summed E-state index contributed by atoms with van der Waals surface area (Å²) in [5.74, 6) is -13.4. The fraction of sp³-hybridized carbons (Fsp3) is 0. The Morgan fingerprint density at radius 1 is 0.864 bits per heavy atom. The first kappa shape index (κ1) is 15.4. The Labute approximate surface area is 120 Å². The minimum absolute atomic E-state index is 0.219. The van der Waals surface area contributed by atoms with Crippen molar-refractivity contribution in [3.8, 4) is 11.8 Å². The number of nitrogens with zero attached hydrogens (tertiary/aromatic N) is 1. The maximum atomic E-state index is 13.4. The molecule has 0 aliphatic rings. The highest BCUT2D eigenvalue weighted by molar-refractivity contribution is 5.91. The molecule has 0 radical (unpaired) electrons. The van der Waals surface area contributed by atoms with Crippen LogP contribution in [0.4, 0.5) is 22.0 Å². The zero-order valence-electron chi connectivity index (χ0n) is 10.5. The summed E-state index contributed by atoms with van der Waals surface area (Å²) in [6, 6.07) is 6.51. The number of hydrogen-bond donors (Lipinski definition) is 0. The Bertz CT molecular complexity index is 767. The van der Waals surface area contributed by atoms with Crippen molar-refractivity contribution in [2.75, 3.05) is 0 Å². The van der Waals surface area contributed by atoms with E-state index >= 15 is 0 Å². The number of halogens is 5. The summed E-state index contributed by atoms with van der Waals surface area (Å²) in [6.45, 7) is 0. The van der Waals surface area contributed by atoms with Crippen LogP contribution in [0.25, 0.3) is 0 Å². The zero-order chi connectivity index (χ0) is 16.4. The van der Waals surface area contributed by atoms with Crippen LogP contribution < -0.4 is 4.74 Å². The lowest BCUT2D eigenvalue weighted by Crippen LogP contribution is -2.17. The van der Waals surface area contributed by atoms with Gasteiger partial charge in [0.15, 0.2) is 23.3 Å². The number of nitriles is 1. The van der Waals surface area contributed by atoms with Crippen molar-refractivity contribution in [2.24, 2.45) is 0 Å². The SMILES string of the molecule is N#Cc1ccc(OC(=O)c2c(F)c(F)c(F)c(F)c2F)cc1. The normalized spacial score (nSPS) is 10.2. The fourth-order valence-electron chi connectivity index (χ4n) is 1.54. The molecule has 2 aromatic rings. The van der Waals surface area contributed by atoms with Gasteiger partial charge in [-0.15, -0.1) is 0 Å². The monoisotopic (exact) mass is 313 g/mol. The molecule has 8 heteroatoms. The first-order chi connectivity index (χ1) is 10.4. The smallest absolute Gasteiger partial charge is 0.349 e. The second-order valence-electron chi connectivity index (χ2n) is 3.97. The molecule has 0 bridgehead atoms. The molecule has 2 aromatic carbocycles. The second kappa shape index (κ2) is 5.81. The molecule has 0 N–H and O–H groups in total. The van der Waals surface area contributed by atoms with Crippen LogP contribution in [0, 0.1) is 40.4 Å². The molecular formula is C14H4F5NO2. The third-order valence-electron chi connectivity index (χ3n) is 2.61. The minimum atomic E-state index is -2.37. The Hall–Kier alpha value is -2.95. The molecule has 0 aliphatic carbocycles. The van der Waals surface area contributed by atoms with E-state index in [1.54, 1.807) is 6.07 Å². The molecule has 0 saturated carbocycles. The van der Waals surface area contributed by atoms with Crippen LogP contribution in [-0.2, 0) is 0 Å². The first-order valence-electron chi connectivity index (χ1n) is 5.60. The molecular weight excluding hydrogens is 309 g/mol. The maximum Gasteiger partial charge on any atom is 0.349 e. The van der Waals surface area contributed by atoms with Crippen LogP contribution in [0.3, 0.4) is 0 Å². The lowest BCUT2D eigenvalue weighted by atomic mass is 10.1. The van der Waals surface area contributed by atoms with Gasteiger partial charge in [0.05, 0.1) is 11.6 Å². The molecule has 3 nitrogen and oxygen atoms in total. The lowest BCUT2D eigenvalue weighted by Gasteiger charge is -2.08. The van der Waals surface area contributed by atoms with Crippen LogP contribution in [-0.4, -0.2) is 5.97 Å². The van der Waals surface area contributed by atoms with E-state index in [1.165, 1.54) is 12.1 Å². The molecule has 0 atom stereocenters. The summed E-state index contributed by atoms with van der Waals surface area (Å²) in [6.07, 6.45) is 0. The third-order valence-corrected chi connectivity index (χ3v) is 2.61. The van der Waals surface area contributed by atoms with Crippen LogP contribution in [0.1, 0.15) is 15.9 Å². The highest BCUT2D eigenvalue weighted by Crippen LogP contribution is 2.24. The van der Waals surface area contributed by atoms with Gasteiger partial charge in [0.1, 0.15) is 11.3 Å². The summed E-state index contributed by atoms with van der Waals surface area (Å²) in [4.78, 5) is 11.6. The molecule has 22 heavy (non-hydrogen) atoms. The van der Waals surface area contributed by atoms with Crippen molar-refractivity contribution >= 4 is 5.97 Å². The molecule has 0 saturated heterocycles. The first-order valence-corrected chi connectivity index (χ1v) is 5.60. The third kappa shape index (κ3) is 2.61. The number of carbonyl (C=O) groups is 1. The molecule has 0 amide bonds. The Balaban J connectivity index is 2.40. The van der Waals surface area contributed by atoms with Gasteiger partial charge in [-0.3, -0.25) is 0 Å². The van der Waals surface area contributed by atoms with E-state index in [1.807, 2.05) is 0 Å². The number of esters is 1. The van der Waals surface area contributed by atoms with Gasteiger partial charge in [-0.1, -0.05) is 0 Å². The van der Waals surface area contributed by atoms with Gasteiger partial charge >= 0.3 is 5.97 Å². The zero-order valence-corrected chi connectivity index (χ0v) is 10.5. The molecule has 112 valence electrons. The summed E-state index contributed by atoms with van der Waals surface area (Å²) >= 11 is 0. The standard InChI is InChI=1S/C14H4F5NO2/c15-9-8(10(16)12(18)13(19)11(9)17)14(21)22-7-3-1-6(5-20)2-4-7/h1-4H. The minimum Gasteiger partial charge on any atom is -0.423 e. The maximum absolute atomic E-state index is 13.4. The van der Waals surface area contributed by atoms with Crippen LogP contribution >= 0.6 is 0 Å². The van der Waals surface area contributed by atoms with Crippen LogP contribution in [0.15, 0.2) is 24.3 Å². The van der Waals surface area contributed by atoms with Gasteiger partial charge in [-0.25, -0.2) is 26.7 Å². The topological polar surface area (TPSA) is 50.1 Å². The van der Waals surface area contributed by atoms with E-state index in [2.05, 4.69) is 4.74 Å². The highest BCUT2D eigenvalue weighted by atomic mass is 19.2. The van der Waals surface area contributed by atoms with Gasteiger partial charge in [0.2, 0.25) is 5.82 Å². The number of hydrogen-bond acceptors (Lipinski definition) is 3. The summed E-state index contributed by atoms with van der Waals surface area (Å²) in [5.41, 5.74) is -1.48. The van der Waals surface area contributed by atoms with Gasteiger partial charge in [-0.05, 0) is 24.3 Å². The van der Waals surface area contributed by atoms with E-state index in [4.69, 9.17) is 5.26 Å². The Kier molecular flexibility index (Phi) is 4.08. The predicted molar refractivity (Wildman–Crippen MR) is 62.3 cm³/mol. The van der Waals surface area contributed by atoms with Crippen LogP contribution in [0.5, 0.6) is 5.75 Å². The largest absolute Gasteiger partial charge is 0.423 e. The van der Waals surface area contributed by atoms with Gasteiger partial charge < -0.3 is 4.74 Å². The summed E-state index contributed by atoms with van der Waals surface area (Å²) in [7, 11) is 0. The Morgan fingerprint density at radius 2 is 1.32 bits per heavy atom. The van der Waals surface area contributed by atoms with Crippen molar-refractivity contribution in [1.29, 1.82) is 5.26 Å². The number of carbonyl (C=O) groups excluding carboxylic acids is 1. The lowest BCUT2D eigenvalue weighted by molar-refractivity contribution is 0.0721. The van der Waals surface area contributed by atoms with Gasteiger partial charge in [0.25, 0.3) is 0 Å². The van der Waals surface area contributed by atoms with Crippen molar-refractivity contribution < 1.29 is 31.5 Å². The number of benzene rings is 2. The van der Waals surface area contributed by atoms with E-state index in [0.717, 1.165) is 12.1 Å². The summed E-state index contributed by atoms with van der Waals surface area (Å²) in [5, 5.41) is 8.57. The van der Waals surface area contributed by atoms with Gasteiger partial charge in [0, 0.05) is 0 Å². The molecule has 0 unspecified atom stereocenters. The van der Waals surface area contributed by atoms with E-state index < -0.39 is 40.6 Å².